The highest BCUT2D eigenvalue weighted by atomic mass is 32.2. The molecule has 1 aliphatic rings. The minimum atomic E-state index is -4.27. The Morgan fingerprint density at radius 3 is 2.46 bits per heavy atom. The van der Waals surface area contributed by atoms with Crippen molar-refractivity contribution in [3.05, 3.63) is 83.9 Å². The van der Waals surface area contributed by atoms with E-state index in [0.29, 0.717) is 17.1 Å². The molecule has 4 rings (SSSR count). The molecule has 3 aromatic carbocycles. The second kappa shape index (κ2) is 7.12. The number of nitrogens with zero attached hydrogens (tertiary/aromatic N) is 1. The molecule has 144 valence electrons. The molecule has 0 fully saturated rings. The lowest BCUT2D eigenvalue weighted by Gasteiger charge is -2.25. The van der Waals surface area contributed by atoms with E-state index in [4.69, 9.17) is 9.47 Å². The molecule has 1 aliphatic heterocycles. The molecule has 0 aromatic heterocycles. The molecular weight excluding hydrogens is 388 g/mol. The third kappa shape index (κ3) is 3.38. The van der Waals surface area contributed by atoms with Crippen LogP contribution in [0.25, 0.3) is 0 Å². The molecule has 1 heterocycles. The zero-order valence-electron chi connectivity index (χ0n) is 14.5. The third-order valence-electron chi connectivity index (χ3n) is 4.26. The molecule has 0 amide bonds. The molecule has 0 N–H and O–H groups in total. The predicted octanol–water partition coefficient (Wildman–Crippen LogP) is 4.09. The lowest BCUT2D eigenvalue weighted by atomic mass is 10.2. The number of sulfonamides is 1. The topological polar surface area (TPSA) is 55.8 Å². The summed E-state index contributed by atoms with van der Waals surface area (Å²) in [6, 6.07) is 15.3. The molecule has 0 saturated heterocycles. The van der Waals surface area contributed by atoms with Gasteiger partial charge in [-0.2, -0.15) is 0 Å². The molecule has 0 saturated carbocycles. The summed E-state index contributed by atoms with van der Waals surface area (Å²) in [5.74, 6) is -0.498. The molecule has 0 spiro atoms. The van der Waals surface area contributed by atoms with Gasteiger partial charge < -0.3 is 9.47 Å². The maximum absolute atomic E-state index is 14.3. The summed E-state index contributed by atoms with van der Waals surface area (Å²) in [6.07, 6.45) is 0. The Balaban J connectivity index is 1.83. The summed E-state index contributed by atoms with van der Waals surface area (Å²) >= 11 is 0. The molecule has 5 nitrogen and oxygen atoms in total. The van der Waals surface area contributed by atoms with E-state index in [9.17, 15) is 17.2 Å². The van der Waals surface area contributed by atoms with Gasteiger partial charge in [0.1, 0.15) is 16.5 Å². The minimum absolute atomic E-state index is 0.0305. The standard InChI is InChI=1S/C20H15F2NO4S/c21-15-5-3-4-14(10-15)12-23(16-8-9-18-19(11-16)27-13-26-18)28(24,25)20-7-2-1-6-17(20)22/h1-11H,12-13H2. The molecule has 0 atom stereocenters. The van der Waals surface area contributed by atoms with Crippen molar-refractivity contribution >= 4 is 15.7 Å². The minimum Gasteiger partial charge on any atom is -0.454 e. The highest BCUT2D eigenvalue weighted by molar-refractivity contribution is 7.92. The van der Waals surface area contributed by atoms with Gasteiger partial charge in [-0.25, -0.2) is 17.2 Å². The van der Waals surface area contributed by atoms with Gasteiger partial charge in [-0.05, 0) is 42.0 Å². The van der Waals surface area contributed by atoms with Crippen molar-refractivity contribution in [2.45, 2.75) is 11.4 Å². The summed E-state index contributed by atoms with van der Waals surface area (Å²) in [5.41, 5.74) is 0.661. The summed E-state index contributed by atoms with van der Waals surface area (Å²) < 4.78 is 66.0. The number of hydrogen-bond acceptors (Lipinski definition) is 4. The van der Waals surface area contributed by atoms with Gasteiger partial charge in [0.25, 0.3) is 10.0 Å². The first-order chi connectivity index (χ1) is 13.4. The number of fused-ring (bicyclic) bond motifs is 1. The van der Waals surface area contributed by atoms with E-state index in [1.807, 2.05) is 0 Å². The molecular formula is C20H15F2NO4S. The average Bonchev–Trinajstić information content (AvgIpc) is 3.14. The molecule has 0 bridgehead atoms. The Bertz CT molecular complexity index is 1130. The van der Waals surface area contributed by atoms with Gasteiger partial charge in [0.2, 0.25) is 6.79 Å². The van der Waals surface area contributed by atoms with Crippen molar-refractivity contribution in [3.8, 4) is 11.5 Å². The quantitative estimate of drug-likeness (QED) is 0.644. The Hall–Kier alpha value is -3.13. The highest BCUT2D eigenvalue weighted by Gasteiger charge is 2.29. The van der Waals surface area contributed by atoms with Crippen LogP contribution in [0.1, 0.15) is 5.56 Å². The number of ether oxygens (including phenoxy) is 2. The number of anilines is 1. The highest BCUT2D eigenvalue weighted by Crippen LogP contribution is 2.37. The van der Waals surface area contributed by atoms with Crippen molar-refractivity contribution < 1.29 is 26.7 Å². The van der Waals surface area contributed by atoms with Crippen LogP contribution in [0.15, 0.2) is 71.6 Å². The first-order valence-electron chi connectivity index (χ1n) is 8.36. The fraction of sp³-hybridized carbons (Fsp3) is 0.100. The number of halogens is 2. The summed E-state index contributed by atoms with van der Waals surface area (Å²) in [5, 5.41) is 0. The van der Waals surface area contributed by atoms with E-state index < -0.39 is 26.6 Å². The molecule has 0 aliphatic carbocycles. The first kappa shape index (κ1) is 18.2. The Labute approximate surface area is 160 Å². The SMILES string of the molecule is O=S(=O)(c1ccccc1F)N(Cc1cccc(F)c1)c1ccc2c(c1)OCO2. The summed E-state index contributed by atoms with van der Waals surface area (Å²) in [7, 11) is -4.27. The van der Waals surface area contributed by atoms with Gasteiger partial charge in [-0.15, -0.1) is 0 Å². The number of rotatable bonds is 5. The molecule has 3 aromatic rings. The fourth-order valence-corrected chi connectivity index (χ4v) is 4.44. The summed E-state index contributed by atoms with van der Waals surface area (Å²) in [4.78, 5) is -0.468. The van der Waals surface area contributed by atoms with Gasteiger partial charge in [0.05, 0.1) is 12.2 Å². The second-order valence-electron chi connectivity index (χ2n) is 6.11. The second-order valence-corrected chi connectivity index (χ2v) is 7.94. The van der Waals surface area contributed by atoms with Crippen molar-refractivity contribution in [1.29, 1.82) is 0 Å². The predicted molar refractivity (Wildman–Crippen MR) is 98.7 cm³/mol. The Morgan fingerprint density at radius 1 is 0.893 bits per heavy atom. The number of hydrogen-bond donors (Lipinski definition) is 0. The molecule has 0 unspecified atom stereocenters. The van der Waals surface area contributed by atoms with E-state index in [2.05, 4.69) is 0 Å². The van der Waals surface area contributed by atoms with Crippen LogP contribution in [0.2, 0.25) is 0 Å². The zero-order chi connectivity index (χ0) is 19.7. The van der Waals surface area contributed by atoms with Gasteiger partial charge in [0.15, 0.2) is 11.5 Å². The largest absolute Gasteiger partial charge is 0.454 e. The van der Waals surface area contributed by atoms with Crippen molar-refractivity contribution in [2.24, 2.45) is 0 Å². The lowest BCUT2D eigenvalue weighted by Crippen LogP contribution is -2.31. The van der Waals surface area contributed by atoms with Crippen LogP contribution in [0.5, 0.6) is 11.5 Å². The monoisotopic (exact) mass is 403 g/mol. The zero-order valence-corrected chi connectivity index (χ0v) is 15.3. The summed E-state index contributed by atoms with van der Waals surface area (Å²) in [6.45, 7) is -0.156. The van der Waals surface area contributed by atoms with Crippen LogP contribution in [-0.2, 0) is 16.6 Å². The van der Waals surface area contributed by atoms with Gasteiger partial charge in [-0.3, -0.25) is 4.31 Å². The van der Waals surface area contributed by atoms with Crippen LogP contribution >= 0.6 is 0 Å². The van der Waals surface area contributed by atoms with Crippen LogP contribution in [-0.4, -0.2) is 15.2 Å². The molecule has 8 heteroatoms. The molecule has 0 radical (unpaired) electrons. The normalized spacial score (nSPS) is 12.8. The van der Waals surface area contributed by atoms with Gasteiger partial charge in [0, 0.05) is 6.07 Å². The Morgan fingerprint density at radius 2 is 1.68 bits per heavy atom. The maximum Gasteiger partial charge on any atom is 0.267 e. The lowest BCUT2D eigenvalue weighted by molar-refractivity contribution is 0.174. The van der Waals surface area contributed by atoms with Crippen LogP contribution in [0.4, 0.5) is 14.5 Å². The van der Waals surface area contributed by atoms with Crippen LogP contribution in [0.3, 0.4) is 0 Å². The smallest absolute Gasteiger partial charge is 0.267 e. The van der Waals surface area contributed by atoms with Crippen molar-refractivity contribution in [2.75, 3.05) is 11.1 Å². The van der Waals surface area contributed by atoms with E-state index in [1.54, 1.807) is 12.1 Å². The van der Waals surface area contributed by atoms with E-state index in [1.165, 1.54) is 48.5 Å². The maximum atomic E-state index is 14.3. The van der Waals surface area contributed by atoms with E-state index >= 15 is 0 Å². The van der Waals surface area contributed by atoms with Crippen molar-refractivity contribution in [3.63, 3.8) is 0 Å². The van der Waals surface area contributed by atoms with E-state index in [0.717, 1.165) is 10.4 Å². The van der Waals surface area contributed by atoms with Gasteiger partial charge in [-0.1, -0.05) is 24.3 Å². The van der Waals surface area contributed by atoms with Crippen LogP contribution in [0, 0.1) is 11.6 Å². The fourth-order valence-electron chi connectivity index (χ4n) is 2.93. The van der Waals surface area contributed by atoms with Crippen LogP contribution < -0.4 is 13.8 Å². The first-order valence-corrected chi connectivity index (χ1v) is 9.80. The Kier molecular flexibility index (Phi) is 4.64. The average molecular weight is 403 g/mol. The van der Waals surface area contributed by atoms with E-state index in [-0.39, 0.29) is 19.0 Å². The molecule has 28 heavy (non-hydrogen) atoms. The number of benzene rings is 3. The third-order valence-corrected chi connectivity index (χ3v) is 6.07. The van der Waals surface area contributed by atoms with Gasteiger partial charge >= 0.3 is 0 Å². The van der Waals surface area contributed by atoms with Crippen molar-refractivity contribution in [1.82, 2.24) is 0 Å².